The lowest BCUT2D eigenvalue weighted by atomic mass is 9.71. The van der Waals surface area contributed by atoms with Crippen LogP contribution in [0.15, 0.2) is 12.1 Å². The van der Waals surface area contributed by atoms with Crippen LogP contribution in [0.25, 0.3) is 10.9 Å². The normalized spacial score (nSPS) is 27.1. The van der Waals surface area contributed by atoms with Gasteiger partial charge in [-0.25, -0.2) is 22.0 Å². The molecular weight excluding hydrogens is 513 g/mol. The number of H-pyrrole nitrogens is 1. The number of hydrogen-bond acceptors (Lipinski definition) is 4. The second-order valence-corrected chi connectivity index (χ2v) is 10.1. The molecule has 4 aliphatic rings. The number of amides is 3. The van der Waals surface area contributed by atoms with Crippen LogP contribution in [0.4, 0.5) is 22.0 Å². The van der Waals surface area contributed by atoms with Gasteiger partial charge in [-0.15, -0.1) is 0 Å². The molecule has 3 N–H and O–H groups in total. The molecule has 1 aromatic heterocycles. The van der Waals surface area contributed by atoms with Gasteiger partial charge in [0.1, 0.15) is 23.6 Å². The predicted molar refractivity (Wildman–Crippen MR) is 122 cm³/mol. The second-order valence-electron chi connectivity index (χ2n) is 10.1. The van der Waals surface area contributed by atoms with Crippen molar-refractivity contribution in [2.45, 2.75) is 62.6 Å². The Morgan fingerprint density at radius 1 is 1.18 bits per heavy atom. The lowest BCUT2D eigenvalue weighted by molar-refractivity contribution is -0.179. The molecule has 0 spiro atoms. The Morgan fingerprint density at radius 3 is 2.63 bits per heavy atom. The summed E-state index contributed by atoms with van der Waals surface area (Å²) in [4.78, 5) is 42.3. The average molecular weight is 537 g/mol. The van der Waals surface area contributed by atoms with Crippen LogP contribution >= 0.6 is 0 Å². The highest BCUT2D eigenvalue weighted by molar-refractivity contribution is 6.01. The number of piperidine rings is 3. The topological polar surface area (TPSA) is 118 Å². The number of alkyl halides is 2. The van der Waals surface area contributed by atoms with Crippen LogP contribution in [0.3, 0.4) is 0 Å². The highest BCUT2D eigenvalue weighted by Gasteiger charge is 2.60. The largest absolute Gasteiger partial charge is 0.356 e. The minimum absolute atomic E-state index is 0.0225. The third kappa shape index (κ3) is 4.35. The van der Waals surface area contributed by atoms with Crippen LogP contribution in [0.5, 0.6) is 0 Å². The lowest BCUT2D eigenvalue weighted by Crippen LogP contribution is -2.68. The van der Waals surface area contributed by atoms with E-state index in [1.165, 1.54) is 0 Å². The van der Waals surface area contributed by atoms with Crippen LogP contribution in [-0.4, -0.2) is 58.2 Å². The van der Waals surface area contributed by atoms with Crippen molar-refractivity contribution in [2.75, 3.05) is 6.54 Å². The number of carbonyl (C=O) groups is 3. The molecule has 3 amide bonds. The second kappa shape index (κ2) is 9.56. The van der Waals surface area contributed by atoms with E-state index in [0.29, 0.717) is 25.5 Å². The standard InChI is InChI=1S/C25H24F5N5O3/c26-16-8-17(27)19(28)20-14(16)7-18(34-20)24(38)35-13-3-4-15(25(29,30)9-13)21(35)23(37)33-12(10-31)6-11-2-1-5-32-22(11)36/h7-8,11-13,15,21,34H,1-6,9H2,(H,32,36)(H,33,37)/t11-,12+,13+,15+,21+/m0/s1. The number of aromatic amines is 1. The molecule has 6 rings (SSSR count). The summed E-state index contributed by atoms with van der Waals surface area (Å²) >= 11 is 0. The Kier molecular flexibility index (Phi) is 6.53. The Bertz CT molecular complexity index is 1360. The number of benzene rings is 1. The molecule has 1 saturated carbocycles. The van der Waals surface area contributed by atoms with Crippen molar-refractivity contribution in [1.82, 2.24) is 20.5 Å². The molecule has 3 saturated heterocycles. The number of halogens is 5. The summed E-state index contributed by atoms with van der Waals surface area (Å²) in [7, 11) is 0. The molecule has 0 radical (unpaired) electrons. The fourth-order valence-corrected chi connectivity index (χ4v) is 5.99. The third-order valence-electron chi connectivity index (χ3n) is 7.82. The van der Waals surface area contributed by atoms with Gasteiger partial charge < -0.3 is 20.5 Å². The maximum Gasteiger partial charge on any atom is 0.271 e. The minimum Gasteiger partial charge on any atom is -0.356 e. The molecule has 3 aliphatic heterocycles. The van der Waals surface area contributed by atoms with Crippen molar-refractivity contribution >= 4 is 28.6 Å². The summed E-state index contributed by atoms with van der Waals surface area (Å²) in [5.74, 6) is -11.6. The molecule has 1 aliphatic carbocycles. The van der Waals surface area contributed by atoms with Crippen molar-refractivity contribution in [3.63, 3.8) is 0 Å². The summed E-state index contributed by atoms with van der Waals surface area (Å²) in [5, 5.41) is 14.3. The van der Waals surface area contributed by atoms with E-state index in [2.05, 4.69) is 15.6 Å². The highest BCUT2D eigenvalue weighted by Crippen LogP contribution is 2.49. The first-order valence-corrected chi connectivity index (χ1v) is 12.4. The van der Waals surface area contributed by atoms with Crippen molar-refractivity contribution in [1.29, 1.82) is 5.26 Å². The number of carbonyl (C=O) groups excluding carboxylic acids is 3. The first-order chi connectivity index (χ1) is 18.0. The monoisotopic (exact) mass is 537 g/mol. The molecule has 1 aromatic carbocycles. The minimum atomic E-state index is -3.27. The zero-order valence-electron chi connectivity index (χ0n) is 20.0. The van der Waals surface area contributed by atoms with E-state index in [-0.39, 0.29) is 25.2 Å². The van der Waals surface area contributed by atoms with E-state index >= 15 is 0 Å². The molecule has 38 heavy (non-hydrogen) atoms. The molecule has 2 aromatic rings. The van der Waals surface area contributed by atoms with Gasteiger partial charge in [-0.3, -0.25) is 14.4 Å². The van der Waals surface area contributed by atoms with Gasteiger partial charge in [0, 0.05) is 36.4 Å². The van der Waals surface area contributed by atoms with Crippen molar-refractivity contribution in [3.05, 3.63) is 35.3 Å². The zero-order valence-corrected chi connectivity index (χ0v) is 20.0. The van der Waals surface area contributed by atoms with E-state index in [1.807, 2.05) is 6.07 Å². The molecule has 5 atom stereocenters. The fraction of sp³-hybridized carbons (Fsp3) is 0.520. The first kappa shape index (κ1) is 25.9. The maximum absolute atomic E-state index is 14.9. The first-order valence-electron chi connectivity index (χ1n) is 12.4. The smallest absolute Gasteiger partial charge is 0.271 e. The van der Waals surface area contributed by atoms with Crippen LogP contribution in [0, 0.1) is 40.6 Å². The van der Waals surface area contributed by atoms with E-state index in [4.69, 9.17) is 0 Å². The summed E-state index contributed by atoms with van der Waals surface area (Å²) in [6.45, 7) is 0.504. The number of hydrogen-bond donors (Lipinski definition) is 3. The van der Waals surface area contributed by atoms with Crippen molar-refractivity contribution in [2.24, 2.45) is 11.8 Å². The van der Waals surface area contributed by atoms with Crippen molar-refractivity contribution < 1.29 is 36.3 Å². The van der Waals surface area contributed by atoms with Gasteiger partial charge in [0.15, 0.2) is 11.6 Å². The Balaban J connectivity index is 1.44. The molecule has 13 heteroatoms. The number of nitriles is 1. The van der Waals surface area contributed by atoms with Gasteiger partial charge >= 0.3 is 0 Å². The third-order valence-corrected chi connectivity index (χ3v) is 7.82. The zero-order chi connectivity index (χ0) is 27.4. The van der Waals surface area contributed by atoms with Crippen LogP contribution in [0.2, 0.25) is 0 Å². The van der Waals surface area contributed by atoms with Gasteiger partial charge in [-0.05, 0) is 38.2 Å². The number of aromatic nitrogens is 1. The quantitative estimate of drug-likeness (QED) is 0.401. The van der Waals surface area contributed by atoms with Gasteiger partial charge in [-0.1, -0.05) is 0 Å². The van der Waals surface area contributed by atoms with E-state index in [9.17, 15) is 41.6 Å². The van der Waals surface area contributed by atoms with Gasteiger partial charge in [0.2, 0.25) is 11.8 Å². The number of nitrogens with one attached hydrogen (secondary N) is 3. The summed E-state index contributed by atoms with van der Waals surface area (Å²) in [6.07, 6.45) is 0.601. The molecular formula is C25H24F5N5O3. The Labute approximate surface area is 213 Å². The SMILES string of the molecule is N#C[C@@H](C[C@@H]1CCCNC1=O)NC(=O)[C@H]1[C@H]2CC[C@H](CC2(F)F)N1C(=O)c1cc2c(F)cc(F)c(F)c2[nH]1. The maximum atomic E-state index is 14.9. The Morgan fingerprint density at radius 2 is 1.95 bits per heavy atom. The summed E-state index contributed by atoms with van der Waals surface area (Å²) < 4.78 is 72.0. The highest BCUT2D eigenvalue weighted by atomic mass is 19.3. The van der Waals surface area contributed by atoms with Gasteiger partial charge in [0.05, 0.1) is 17.5 Å². The van der Waals surface area contributed by atoms with Crippen LogP contribution in [0.1, 0.15) is 49.0 Å². The molecule has 8 nitrogen and oxygen atoms in total. The number of rotatable bonds is 5. The van der Waals surface area contributed by atoms with Crippen molar-refractivity contribution in [3.8, 4) is 6.07 Å². The Hall–Kier alpha value is -3.69. The van der Waals surface area contributed by atoms with Crippen LogP contribution in [-0.2, 0) is 9.59 Å². The summed E-state index contributed by atoms with van der Waals surface area (Å²) in [6, 6.07) is -0.723. The molecule has 0 unspecified atom stereocenters. The van der Waals surface area contributed by atoms with E-state index in [0.717, 1.165) is 11.0 Å². The van der Waals surface area contributed by atoms with E-state index in [1.54, 1.807) is 0 Å². The molecule has 2 bridgehead atoms. The number of nitrogens with zero attached hydrogens (tertiary/aromatic N) is 2. The van der Waals surface area contributed by atoms with E-state index < -0.39 is 88.2 Å². The number of fused-ring (bicyclic) bond motifs is 4. The van der Waals surface area contributed by atoms with Gasteiger partial charge in [-0.2, -0.15) is 5.26 Å². The average Bonchev–Trinajstić information content (AvgIpc) is 3.33. The lowest BCUT2D eigenvalue weighted by Gasteiger charge is -2.53. The van der Waals surface area contributed by atoms with Crippen LogP contribution < -0.4 is 10.6 Å². The molecule has 202 valence electrons. The molecule has 4 fully saturated rings. The molecule has 4 heterocycles. The fourth-order valence-electron chi connectivity index (χ4n) is 5.99. The van der Waals surface area contributed by atoms with Gasteiger partial charge in [0.25, 0.3) is 11.8 Å². The summed E-state index contributed by atoms with van der Waals surface area (Å²) in [5.41, 5.74) is -0.998. The predicted octanol–water partition coefficient (Wildman–Crippen LogP) is 3.14.